The summed E-state index contributed by atoms with van der Waals surface area (Å²) in [5.41, 5.74) is 6.16. The van der Waals surface area contributed by atoms with Crippen LogP contribution < -0.4 is 5.73 Å². The van der Waals surface area contributed by atoms with Crippen molar-refractivity contribution in [1.29, 1.82) is 0 Å². The molecule has 0 bridgehead atoms. The van der Waals surface area contributed by atoms with Gasteiger partial charge in [-0.05, 0) is 24.6 Å². The third kappa shape index (κ3) is 2.26. The highest BCUT2D eigenvalue weighted by atomic mass is 19.1. The summed E-state index contributed by atoms with van der Waals surface area (Å²) in [5, 5.41) is 12.8. The third-order valence-electron chi connectivity index (χ3n) is 2.40. The fraction of sp³-hybridized carbons (Fsp3) is 0.273. The maximum absolute atomic E-state index is 13.1. The molecule has 1 atom stereocenters. The zero-order valence-corrected chi connectivity index (χ0v) is 9.22. The molecule has 2 rings (SSSR count). The number of nitrogens with zero attached hydrogens (tertiary/aromatic N) is 2. The highest BCUT2D eigenvalue weighted by Gasteiger charge is 2.14. The van der Waals surface area contributed by atoms with Crippen molar-refractivity contribution in [2.75, 3.05) is 0 Å². The lowest BCUT2D eigenvalue weighted by Gasteiger charge is -1.99. The van der Waals surface area contributed by atoms with E-state index in [-0.39, 0.29) is 11.9 Å². The molecule has 1 aromatic heterocycles. The monoisotopic (exact) mass is 237 g/mol. The van der Waals surface area contributed by atoms with Gasteiger partial charge in [-0.25, -0.2) is 4.39 Å². The van der Waals surface area contributed by atoms with Crippen molar-refractivity contribution < 1.29 is 14.0 Å². The predicted molar refractivity (Wildman–Crippen MR) is 58.6 cm³/mol. The van der Waals surface area contributed by atoms with Gasteiger partial charge in [-0.2, -0.15) is 4.98 Å². The Kier molecular flexibility index (Phi) is 3.06. The Balaban J connectivity index is 2.33. The number of hydrogen-bond donors (Lipinski definition) is 2. The molecule has 6 heteroatoms. The van der Waals surface area contributed by atoms with E-state index in [1.807, 2.05) is 6.92 Å². The van der Waals surface area contributed by atoms with Gasteiger partial charge in [-0.15, -0.1) is 0 Å². The SMILES string of the molecule is CCC(N)c1nc(-c2ccc(O)c(F)c2)no1. The number of benzene rings is 1. The van der Waals surface area contributed by atoms with Crippen LogP contribution >= 0.6 is 0 Å². The average Bonchev–Trinajstić information content (AvgIpc) is 2.81. The van der Waals surface area contributed by atoms with Crippen LogP contribution in [0.2, 0.25) is 0 Å². The van der Waals surface area contributed by atoms with Crippen LogP contribution in [0.3, 0.4) is 0 Å². The molecular formula is C11H12FN3O2. The van der Waals surface area contributed by atoms with Gasteiger partial charge in [0.2, 0.25) is 11.7 Å². The largest absolute Gasteiger partial charge is 0.505 e. The first kappa shape index (κ1) is 11.5. The standard InChI is InChI=1S/C11H12FN3O2/c1-2-8(13)11-14-10(15-17-11)6-3-4-9(16)7(12)5-6/h3-5,8,16H,2,13H2,1H3. The number of phenols is 1. The summed E-state index contributed by atoms with van der Waals surface area (Å²) >= 11 is 0. The summed E-state index contributed by atoms with van der Waals surface area (Å²) in [6.45, 7) is 1.90. The summed E-state index contributed by atoms with van der Waals surface area (Å²) in [4.78, 5) is 4.07. The van der Waals surface area contributed by atoms with Crippen molar-refractivity contribution in [2.45, 2.75) is 19.4 Å². The maximum Gasteiger partial charge on any atom is 0.243 e. The van der Waals surface area contributed by atoms with Crippen LogP contribution in [0.4, 0.5) is 4.39 Å². The highest BCUT2D eigenvalue weighted by molar-refractivity contribution is 5.55. The molecule has 0 spiro atoms. The molecule has 90 valence electrons. The van der Waals surface area contributed by atoms with Crippen LogP contribution in [0.15, 0.2) is 22.7 Å². The molecule has 1 aromatic carbocycles. The molecule has 3 N–H and O–H groups in total. The topological polar surface area (TPSA) is 85.2 Å². The summed E-state index contributed by atoms with van der Waals surface area (Å²) in [7, 11) is 0. The molecule has 0 aliphatic heterocycles. The molecule has 1 unspecified atom stereocenters. The van der Waals surface area contributed by atoms with E-state index in [4.69, 9.17) is 15.4 Å². The zero-order valence-electron chi connectivity index (χ0n) is 9.22. The second-order valence-corrected chi connectivity index (χ2v) is 3.64. The van der Waals surface area contributed by atoms with Crippen molar-refractivity contribution in [3.8, 4) is 17.1 Å². The van der Waals surface area contributed by atoms with E-state index >= 15 is 0 Å². The minimum Gasteiger partial charge on any atom is -0.505 e. The van der Waals surface area contributed by atoms with E-state index in [0.29, 0.717) is 17.9 Å². The number of hydrogen-bond acceptors (Lipinski definition) is 5. The molecule has 0 aliphatic carbocycles. The van der Waals surface area contributed by atoms with Gasteiger partial charge < -0.3 is 15.4 Å². The van der Waals surface area contributed by atoms with Crippen LogP contribution in [0, 0.1) is 5.82 Å². The van der Waals surface area contributed by atoms with E-state index < -0.39 is 11.6 Å². The Morgan fingerprint density at radius 2 is 2.29 bits per heavy atom. The van der Waals surface area contributed by atoms with Gasteiger partial charge in [-0.1, -0.05) is 12.1 Å². The smallest absolute Gasteiger partial charge is 0.243 e. The van der Waals surface area contributed by atoms with Gasteiger partial charge in [0, 0.05) is 5.56 Å². The Labute approximate surface area is 97.1 Å². The fourth-order valence-electron chi connectivity index (χ4n) is 1.32. The van der Waals surface area contributed by atoms with Gasteiger partial charge in [0.25, 0.3) is 0 Å². The van der Waals surface area contributed by atoms with E-state index in [0.717, 1.165) is 6.07 Å². The van der Waals surface area contributed by atoms with Gasteiger partial charge in [0.1, 0.15) is 0 Å². The summed E-state index contributed by atoms with van der Waals surface area (Å²) in [5.74, 6) is -0.574. The van der Waals surface area contributed by atoms with Crippen LogP contribution in [0.25, 0.3) is 11.4 Å². The molecule has 2 aromatic rings. The predicted octanol–water partition coefficient (Wildman–Crippen LogP) is 1.99. The Hall–Kier alpha value is -1.95. The van der Waals surface area contributed by atoms with Gasteiger partial charge in [-0.3, -0.25) is 0 Å². The minimum atomic E-state index is -0.728. The van der Waals surface area contributed by atoms with E-state index in [1.165, 1.54) is 12.1 Å². The molecule has 0 saturated heterocycles. The summed E-state index contributed by atoms with van der Waals surface area (Å²) in [6, 6.07) is 3.56. The minimum absolute atomic E-state index is 0.253. The Morgan fingerprint density at radius 1 is 1.53 bits per heavy atom. The first-order valence-electron chi connectivity index (χ1n) is 5.20. The zero-order chi connectivity index (χ0) is 12.4. The van der Waals surface area contributed by atoms with E-state index in [9.17, 15) is 4.39 Å². The number of halogens is 1. The molecule has 17 heavy (non-hydrogen) atoms. The van der Waals surface area contributed by atoms with Crippen molar-refractivity contribution >= 4 is 0 Å². The summed E-state index contributed by atoms with van der Waals surface area (Å²) < 4.78 is 18.1. The molecule has 0 saturated carbocycles. The Morgan fingerprint density at radius 3 is 2.94 bits per heavy atom. The molecule has 0 radical (unpaired) electrons. The van der Waals surface area contributed by atoms with E-state index in [1.54, 1.807) is 0 Å². The van der Waals surface area contributed by atoms with Gasteiger partial charge in [0.05, 0.1) is 6.04 Å². The quantitative estimate of drug-likeness (QED) is 0.852. The van der Waals surface area contributed by atoms with Crippen molar-refractivity contribution in [2.24, 2.45) is 5.73 Å². The number of aromatic hydroxyl groups is 1. The maximum atomic E-state index is 13.1. The van der Waals surface area contributed by atoms with E-state index in [2.05, 4.69) is 10.1 Å². The second-order valence-electron chi connectivity index (χ2n) is 3.64. The van der Waals surface area contributed by atoms with Crippen molar-refractivity contribution in [1.82, 2.24) is 10.1 Å². The lowest BCUT2D eigenvalue weighted by molar-refractivity contribution is 0.352. The molecule has 1 heterocycles. The normalized spacial score (nSPS) is 12.6. The van der Waals surface area contributed by atoms with Gasteiger partial charge in [0.15, 0.2) is 11.6 Å². The fourth-order valence-corrected chi connectivity index (χ4v) is 1.32. The van der Waals surface area contributed by atoms with Gasteiger partial charge >= 0.3 is 0 Å². The highest BCUT2D eigenvalue weighted by Crippen LogP contribution is 2.23. The molecular weight excluding hydrogens is 225 g/mol. The lowest BCUT2D eigenvalue weighted by atomic mass is 10.2. The Bertz CT molecular complexity index is 527. The number of rotatable bonds is 3. The van der Waals surface area contributed by atoms with Crippen molar-refractivity contribution in [3.63, 3.8) is 0 Å². The van der Waals surface area contributed by atoms with Crippen LogP contribution in [0.5, 0.6) is 5.75 Å². The van der Waals surface area contributed by atoms with Crippen LogP contribution in [-0.4, -0.2) is 15.2 Å². The number of nitrogens with two attached hydrogens (primary N) is 1. The molecule has 0 fully saturated rings. The first-order valence-corrected chi connectivity index (χ1v) is 5.20. The second kappa shape index (κ2) is 4.50. The van der Waals surface area contributed by atoms with Crippen LogP contribution in [-0.2, 0) is 0 Å². The molecule has 0 amide bonds. The molecule has 0 aliphatic rings. The van der Waals surface area contributed by atoms with Crippen molar-refractivity contribution in [3.05, 3.63) is 29.9 Å². The first-order chi connectivity index (χ1) is 8.11. The lowest BCUT2D eigenvalue weighted by Crippen LogP contribution is -2.08. The van der Waals surface area contributed by atoms with Crippen LogP contribution in [0.1, 0.15) is 25.3 Å². The number of aromatic nitrogens is 2. The summed E-state index contributed by atoms with van der Waals surface area (Å²) in [6.07, 6.45) is 0.672. The number of phenolic OH excluding ortho intramolecular Hbond substituents is 1. The third-order valence-corrected chi connectivity index (χ3v) is 2.40. The average molecular weight is 237 g/mol. The molecule has 5 nitrogen and oxygen atoms in total.